The molecule has 0 saturated carbocycles. The molecule has 28 heavy (non-hydrogen) atoms. The van der Waals surface area contributed by atoms with Crippen molar-refractivity contribution in [2.24, 2.45) is 11.7 Å². The highest BCUT2D eigenvalue weighted by molar-refractivity contribution is 9.10. The van der Waals surface area contributed by atoms with Crippen LogP contribution in [0.2, 0.25) is 0 Å². The highest BCUT2D eigenvalue weighted by atomic mass is 79.9. The van der Waals surface area contributed by atoms with Crippen LogP contribution in [0.4, 0.5) is 5.69 Å². The summed E-state index contributed by atoms with van der Waals surface area (Å²) in [5, 5.41) is 2.80. The van der Waals surface area contributed by atoms with Crippen LogP contribution in [-0.2, 0) is 22.7 Å². The summed E-state index contributed by atoms with van der Waals surface area (Å²) in [5.74, 6) is -0.575. The number of carbonyl (C=O) groups is 2. The Balaban J connectivity index is 1.55. The molecule has 1 aromatic heterocycles. The number of amides is 2. The number of pyridine rings is 1. The van der Waals surface area contributed by atoms with E-state index < -0.39 is 0 Å². The first-order valence-corrected chi connectivity index (χ1v) is 9.96. The first kappa shape index (κ1) is 20.3. The van der Waals surface area contributed by atoms with E-state index in [4.69, 9.17) is 5.73 Å². The lowest BCUT2D eigenvalue weighted by Gasteiger charge is -2.31. The van der Waals surface area contributed by atoms with Crippen LogP contribution in [0.25, 0.3) is 0 Å². The molecule has 0 bridgehead atoms. The van der Waals surface area contributed by atoms with Crippen molar-refractivity contribution in [2.75, 3.05) is 18.4 Å². The monoisotopic (exact) mass is 446 g/mol. The number of hydrogen-bond acceptors (Lipinski definition) is 4. The normalized spacial score (nSPS) is 17.2. The maximum absolute atomic E-state index is 12.2. The highest BCUT2D eigenvalue weighted by Gasteiger charge is 2.23. The summed E-state index contributed by atoms with van der Waals surface area (Å²) in [6.45, 7) is 2.33. The van der Waals surface area contributed by atoms with Gasteiger partial charge >= 0.3 is 0 Å². The Kier molecular flexibility index (Phi) is 6.64. The number of primary amides is 1. The third-order valence-electron chi connectivity index (χ3n) is 4.81. The van der Waals surface area contributed by atoms with Gasteiger partial charge in [-0.25, -0.2) is 0 Å². The van der Waals surface area contributed by atoms with E-state index >= 15 is 0 Å². The molecule has 0 radical (unpaired) electrons. The second-order valence-corrected chi connectivity index (χ2v) is 7.95. The van der Waals surface area contributed by atoms with Gasteiger partial charge in [-0.2, -0.15) is 0 Å². The number of likely N-dealkylation sites (tertiary alicyclic amines) is 1. The highest BCUT2D eigenvalue weighted by Crippen LogP contribution is 2.19. The zero-order valence-corrected chi connectivity index (χ0v) is 17.0. The zero-order valence-electron chi connectivity index (χ0n) is 15.4. The molecule has 7 nitrogen and oxygen atoms in total. The minimum Gasteiger partial charge on any atom is -0.369 e. The van der Waals surface area contributed by atoms with Crippen molar-refractivity contribution < 1.29 is 9.59 Å². The van der Waals surface area contributed by atoms with Gasteiger partial charge in [0.1, 0.15) is 6.54 Å². The van der Waals surface area contributed by atoms with Crippen molar-refractivity contribution >= 4 is 33.4 Å². The number of piperidine rings is 1. The molecule has 2 aromatic rings. The van der Waals surface area contributed by atoms with Crippen molar-refractivity contribution in [2.45, 2.75) is 25.9 Å². The van der Waals surface area contributed by atoms with E-state index in [-0.39, 0.29) is 29.8 Å². The lowest BCUT2D eigenvalue weighted by Crippen LogP contribution is -2.40. The Hall–Kier alpha value is -2.45. The standard InChI is InChI=1S/C20H23BrN4O3/c21-16-5-8-19(27)25(12-16)13-18(26)23-17-6-3-14(4-7-17)10-24-9-1-2-15(11-24)20(22)28/h3-8,12,15H,1-2,9-11,13H2,(H2,22,28)(H,23,26). The number of halogens is 1. The quantitative estimate of drug-likeness (QED) is 0.708. The summed E-state index contributed by atoms with van der Waals surface area (Å²) >= 11 is 3.29. The smallest absolute Gasteiger partial charge is 0.251 e. The van der Waals surface area contributed by atoms with E-state index in [1.807, 2.05) is 24.3 Å². The minimum absolute atomic E-state index is 0.0533. The lowest BCUT2D eigenvalue weighted by molar-refractivity contribution is -0.123. The van der Waals surface area contributed by atoms with Crippen molar-refractivity contribution in [1.29, 1.82) is 0 Å². The number of hydrogen-bond donors (Lipinski definition) is 2. The summed E-state index contributed by atoms with van der Waals surface area (Å²) in [5.41, 5.74) is 6.97. The molecule has 1 atom stereocenters. The van der Waals surface area contributed by atoms with Crippen molar-refractivity contribution in [1.82, 2.24) is 9.47 Å². The van der Waals surface area contributed by atoms with E-state index in [2.05, 4.69) is 26.1 Å². The molecule has 3 rings (SSSR count). The Labute approximate surface area is 171 Å². The molecular weight excluding hydrogens is 424 g/mol. The summed E-state index contributed by atoms with van der Waals surface area (Å²) in [7, 11) is 0. The van der Waals surface area contributed by atoms with Crippen molar-refractivity contribution in [3.05, 3.63) is 63.0 Å². The van der Waals surface area contributed by atoms with Gasteiger partial charge in [-0.1, -0.05) is 12.1 Å². The number of rotatable bonds is 6. The van der Waals surface area contributed by atoms with Gasteiger partial charge in [-0.15, -0.1) is 0 Å². The van der Waals surface area contributed by atoms with Gasteiger partial charge in [0.15, 0.2) is 0 Å². The van der Waals surface area contributed by atoms with Crippen LogP contribution in [0.1, 0.15) is 18.4 Å². The third kappa shape index (κ3) is 5.53. The first-order chi connectivity index (χ1) is 13.4. The molecule has 1 aromatic carbocycles. The molecule has 1 unspecified atom stereocenters. The number of nitrogens with one attached hydrogen (secondary N) is 1. The average Bonchev–Trinajstić information content (AvgIpc) is 2.66. The van der Waals surface area contributed by atoms with Crippen molar-refractivity contribution in [3.63, 3.8) is 0 Å². The molecule has 2 heterocycles. The van der Waals surface area contributed by atoms with Gasteiger partial charge in [-0.3, -0.25) is 19.3 Å². The molecule has 1 aliphatic heterocycles. The number of anilines is 1. The van der Waals surface area contributed by atoms with Gasteiger partial charge < -0.3 is 15.6 Å². The zero-order chi connectivity index (χ0) is 20.1. The van der Waals surface area contributed by atoms with Gasteiger partial charge in [0, 0.05) is 35.5 Å². The molecule has 0 aliphatic carbocycles. The number of carbonyl (C=O) groups excluding carboxylic acids is 2. The van der Waals surface area contributed by atoms with Crippen LogP contribution in [0, 0.1) is 5.92 Å². The Morgan fingerprint density at radius 1 is 1.18 bits per heavy atom. The fourth-order valence-electron chi connectivity index (χ4n) is 3.36. The molecule has 1 fully saturated rings. The topological polar surface area (TPSA) is 97.4 Å². The van der Waals surface area contributed by atoms with Gasteiger partial charge in [0.05, 0.1) is 5.92 Å². The predicted octanol–water partition coefficient (Wildman–Crippen LogP) is 1.95. The van der Waals surface area contributed by atoms with Gasteiger partial charge in [0.25, 0.3) is 5.56 Å². The first-order valence-electron chi connectivity index (χ1n) is 9.17. The van der Waals surface area contributed by atoms with Gasteiger partial charge in [0.2, 0.25) is 11.8 Å². The van der Waals surface area contributed by atoms with Crippen LogP contribution in [-0.4, -0.2) is 34.4 Å². The molecule has 2 amide bonds. The SMILES string of the molecule is NC(=O)C1CCCN(Cc2ccc(NC(=O)Cn3cc(Br)ccc3=O)cc2)C1. The van der Waals surface area contributed by atoms with Crippen LogP contribution >= 0.6 is 15.9 Å². The molecule has 1 aliphatic rings. The molecular formula is C20H23BrN4O3. The van der Waals surface area contributed by atoms with Gasteiger partial charge in [-0.05, 0) is 59.1 Å². The fourth-order valence-corrected chi connectivity index (χ4v) is 3.74. The Bertz CT molecular complexity index is 910. The average molecular weight is 447 g/mol. The van der Waals surface area contributed by atoms with Crippen molar-refractivity contribution in [3.8, 4) is 0 Å². The van der Waals surface area contributed by atoms with E-state index in [9.17, 15) is 14.4 Å². The molecule has 1 saturated heterocycles. The molecule has 8 heteroatoms. The minimum atomic E-state index is -0.270. The number of nitrogens with two attached hydrogens (primary N) is 1. The lowest BCUT2D eigenvalue weighted by atomic mass is 9.97. The third-order valence-corrected chi connectivity index (χ3v) is 5.28. The molecule has 0 spiro atoms. The predicted molar refractivity (Wildman–Crippen MR) is 111 cm³/mol. The maximum atomic E-state index is 12.2. The largest absolute Gasteiger partial charge is 0.369 e. The maximum Gasteiger partial charge on any atom is 0.251 e. The van der Waals surface area contributed by atoms with E-state index in [0.29, 0.717) is 12.2 Å². The number of aromatic nitrogens is 1. The fraction of sp³-hybridized carbons (Fsp3) is 0.350. The summed E-state index contributed by atoms with van der Waals surface area (Å²) in [4.78, 5) is 37.6. The van der Waals surface area contributed by atoms with Crippen LogP contribution in [0.5, 0.6) is 0 Å². The van der Waals surface area contributed by atoms with Crippen LogP contribution < -0.4 is 16.6 Å². The second kappa shape index (κ2) is 9.16. The number of benzene rings is 1. The molecule has 3 N–H and O–H groups in total. The van der Waals surface area contributed by atoms with Crippen LogP contribution in [0.15, 0.2) is 51.9 Å². The van der Waals surface area contributed by atoms with E-state index in [0.717, 1.165) is 36.0 Å². The summed E-state index contributed by atoms with van der Waals surface area (Å²) in [6.07, 6.45) is 3.41. The summed E-state index contributed by atoms with van der Waals surface area (Å²) < 4.78 is 2.08. The van der Waals surface area contributed by atoms with E-state index in [1.165, 1.54) is 10.6 Å². The molecule has 148 valence electrons. The number of nitrogens with zero attached hydrogens (tertiary/aromatic N) is 2. The Morgan fingerprint density at radius 2 is 1.93 bits per heavy atom. The van der Waals surface area contributed by atoms with Crippen LogP contribution in [0.3, 0.4) is 0 Å². The van der Waals surface area contributed by atoms with E-state index in [1.54, 1.807) is 12.3 Å². The Morgan fingerprint density at radius 3 is 2.64 bits per heavy atom. The summed E-state index contributed by atoms with van der Waals surface area (Å²) in [6, 6.07) is 10.6. The second-order valence-electron chi connectivity index (χ2n) is 7.04.